The fraction of sp³-hybridized carbons (Fsp3) is 0.240. The molecule has 0 aliphatic carbocycles. The predicted octanol–water partition coefficient (Wildman–Crippen LogP) is 6.28. The smallest absolute Gasteiger partial charge is 0.317 e. The molecule has 0 heterocycles. The van der Waals surface area contributed by atoms with E-state index in [0.29, 0.717) is 33.7 Å². The number of urea groups is 1. The van der Waals surface area contributed by atoms with Gasteiger partial charge in [0, 0.05) is 37.2 Å². The van der Waals surface area contributed by atoms with Gasteiger partial charge in [-0.15, -0.1) is 0 Å². The SMILES string of the molecule is Cc1ccc(C)c(S(=O)(=O)NCCNC(=O)N(C)Cc2ccc(Oc3ccc(Cl)c(Cl)c3)cc2Br)c1. The standard InChI is InChI=1S/C25H26BrCl2N3O4S/c1-16-4-5-17(2)24(12-16)36(33,34)30-11-10-29-25(32)31(3)15-18-6-7-19(13-21(18)26)35-20-8-9-22(27)23(28)14-20/h4-9,12-14,30H,10-11,15H2,1-3H3,(H,29,32). The molecule has 3 rings (SSSR count). The van der Waals surface area contributed by atoms with Crippen LogP contribution in [0.15, 0.2) is 64.0 Å². The molecule has 0 aliphatic heterocycles. The van der Waals surface area contributed by atoms with Crippen LogP contribution in [0.25, 0.3) is 0 Å². The van der Waals surface area contributed by atoms with Crippen LogP contribution < -0.4 is 14.8 Å². The highest BCUT2D eigenvalue weighted by molar-refractivity contribution is 9.10. The minimum Gasteiger partial charge on any atom is -0.457 e. The molecule has 2 N–H and O–H groups in total. The maximum atomic E-state index is 12.6. The normalized spacial score (nSPS) is 11.3. The molecule has 11 heteroatoms. The Morgan fingerprint density at radius 2 is 1.67 bits per heavy atom. The molecule has 0 fully saturated rings. The van der Waals surface area contributed by atoms with Gasteiger partial charge in [-0.3, -0.25) is 0 Å². The van der Waals surface area contributed by atoms with E-state index >= 15 is 0 Å². The summed E-state index contributed by atoms with van der Waals surface area (Å²) in [7, 11) is -2.01. The number of carbonyl (C=O) groups excluding carboxylic acids is 1. The van der Waals surface area contributed by atoms with Crippen molar-refractivity contribution in [1.29, 1.82) is 0 Å². The molecule has 0 atom stereocenters. The summed E-state index contributed by atoms with van der Waals surface area (Å²) in [5.74, 6) is 1.14. The lowest BCUT2D eigenvalue weighted by Crippen LogP contribution is -2.41. The number of carbonyl (C=O) groups is 1. The average molecular weight is 615 g/mol. The van der Waals surface area contributed by atoms with Crippen LogP contribution in [0.5, 0.6) is 11.5 Å². The highest BCUT2D eigenvalue weighted by Crippen LogP contribution is 2.31. The van der Waals surface area contributed by atoms with Gasteiger partial charge in [-0.25, -0.2) is 17.9 Å². The molecule has 7 nitrogen and oxygen atoms in total. The van der Waals surface area contributed by atoms with E-state index in [0.717, 1.165) is 15.6 Å². The Balaban J connectivity index is 1.50. The van der Waals surface area contributed by atoms with Crippen molar-refractivity contribution in [2.24, 2.45) is 0 Å². The van der Waals surface area contributed by atoms with Crippen molar-refractivity contribution in [1.82, 2.24) is 14.9 Å². The van der Waals surface area contributed by atoms with Crippen LogP contribution in [-0.4, -0.2) is 39.5 Å². The molecule has 0 aliphatic rings. The number of benzene rings is 3. The lowest BCUT2D eigenvalue weighted by Gasteiger charge is -2.19. The highest BCUT2D eigenvalue weighted by atomic mass is 79.9. The Kier molecular flexibility index (Phi) is 9.66. The maximum absolute atomic E-state index is 12.6. The second kappa shape index (κ2) is 12.3. The van der Waals surface area contributed by atoms with Gasteiger partial charge in [-0.1, -0.05) is 57.3 Å². The Hall–Kier alpha value is -2.30. The van der Waals surface area contributed by atoms with Crippen molar-refractivity contribution in [3.8, 4) is 11.5 Å². The first-order chi connectivity index (χ1) is 17.0. The van der Waals surface area contributed by atoms with Crippen molar-refractivity contribution in [2.45, 2.75) is 25.3 Å². The van der Waals surface area contributed by atoms with Gasteiger partial charge in [0.05, 0.1) is 14.9 Å². The van der Waals surface area contributed by atoms with Crippen molar-refractivity contribution < 1.29 is 17.9 Å². The molecule has 0 saturated carbocycles. The summed E-state index contributed by atoms with van der Waals surface area (Å²) in [6, 6.07) is 15.4. The van der Waals surface area contributed by atoms with Gasteiger partial charge >= 0.3 is 6.03 Å². The molecule has 3 aromatic rings. The zero-order valence-electron chi connectivity index (χ0n) is 19.9. The first kappa shape index (κ1) is 28.3. The Morgan fingerprint density at radius 3 is 2.36 bits per heavy atom. The van der Waals surface area contributed by atoms with Gasteiger partial charge in [-0.05, 0) is 60.9 Å². The van der Waals surface area contributed by atoms with Gasteiger partial charge in [0.2, 0.25) is 10.0 Å². The van der Waals surface area contributed by atoms with Crippen LogP contribution in [0.1, 0.15) is 16.7 Å². The number of sulfonamides is 1. The van der Waals surface area contributed by atoms with E-state index in [1.807, 2.05) is 19.1 Å². The van der Waals surface area contributed by atoms with Crippen LogP contribution >= 0.6 is 39.1 Å². The number of nitrogens with one attached hydrogen (secondary N) is 2. The lowest BCUT2D eigenvalue weighted by atomic mass is 10.2. The zero-order valence-corrected chi connectivity index (χ0v) is 23.9. The van der Waals surface area contributed by atoms with Crippen LogP contribution in [0, 0.1) is 13.8 Å². The molecular formula is C25H26BrCl2N3O4S. The van der Waals surface area contributed by atoms with Crippen molar-refractivity contribution >= 4 is 55.2 Å². The summed E-state index contributed by atoms with van der Waals surface area (Å²) in [6.45, 7) is 4.12. The first-order valence-corrected chi connectivity index (χ1v) is 14.0. The average Bonchev–Trinajstić information content (AvgIpc) is 2.82. The molecule has 2 amide bonds. The predicted molar refractivity (Wildman–Crippen MR) is 147 cm³/mol. The summed E-state index contributed by atoms with van der Waals surface area (Å²) < 4.78 is 34.3. The lowest BCUT2D eigenvalue weighted by molar-refractivity contribution is 0.207. The van der Waals surface area contributed by atoms with Crippen LogP contribution in [0.2, 0.25) is 10.0 Å². The summed E-state index contributed by atoms with van der Waals surface area (Å²) >= 11 is 15.5. The van der Waals surface area contributed by atoms with E-state index in [1.54, 1.807) is 56.4 Å². The summed E-state index contributed by atoms with van der Waals surface area (Å²) in [6.07, 6.45) is 0. The zero-order chi connectivity index (χ0) is 26.5. The van der Waals surface area contributed by atoms with Gasteiger partial charge in [0.25, 0.3) is 0 Å². The fourth-order valence-electron chi connectivity index (χ4n) is 3.29. The molecular weight excluding hydrogens is 589 g/mol. The summed E-state index contributed by atoms with van der Waals surface area (Å²) in [5, 5.41) is 3.57. The molecule has 0 radical (unpaired) electrons. The molecule has 192 valence electrons. The van der Waals surface area contributed by atoms with Crippen LogP contribution in [0.4, 0.5) is 4.79 Å². The van der Waals surface area contributed by atoms with Crippen LogP contribution in [-0.2, 0) is 16.6 Å². The Labute approximate surface area is 229 Å². The van der Waals surface area contributed by atoms with E-state index < -0.39 is 10.0 Å². The van der Waals surface area contributed by atoms with E-state index in [4.69, 9.17) is 27.9 Å². The third kappa shape index (κ3) is 7.60. The number of hydrogen-bond donors (Lipinski definition) is 2. The van der Waals surface area contributed by atoms with Crippen molar-refractivity contribution in [3.05, 3.63) is 85.8 Å². The quantitative estimate of drug-likeness (QED) is 0.278. The fourth-order valence-corrected chi connectivity index (χ4v) is 5.42. The van der Waals surface area contributed by atoms with Crippen molar-refractivity contribution in [2.75, 3.05) is 20.1 Å². The molecule has 0 spiro atoms. The molecule has 0 bridgehead atoms. The largest absolute Gasteiger partial charge is 0.457 e. The monoisotopic (exact) mass is 613 g/mol. The van der Waals surface area contributed by atoms with E-state index in [-0.39, 0.29) is 24.0 Å². The van der Waals surface area contributed by atoms with Gasteiger partial charge in [0.15, 0.2) is 0 Å². The number of amides is 2. The highest BCUT2D eigenvalue weighted by Gasteiger charge is 2.17. The molecule has 36 heavy (non-hydrogen) atoms. The first-order valence-electron chi connectivity index (χ1n) is 10.9. The maximum Gasteiger partial charge on any atom is 0.317 e. The molecule has 3 aromatic carbocycles. The Bertz CT molecular complexity index is 1370. The summed E-state index contributed by atoms with van der Waals surface area (Å²) in [4.78, 5) is 14.2. The third-order valence-electron chi connectivity index (χ3n) is 5.23. The topological polar surface area (TPSA) is 87.7 Å². The third-order valence-corrected chi connectivity index (χ3v) is 8.31. The van der Waals surface area contributed by atoms with Gasteiger partial charge < -0.3 is 15.0 Å². The number of halogens is 3. The van der Waals surface area contributed by atoms with Gasteiger partial charge in [-0.2, -0.15) is 0 Å². The number of ether oxygens (including phenoxy) is 1. The van der Waals surface area contributed by atoms with Crippen LogP contribution in [0.3, 0.4) is 0 Å². The van der Waals surface area contributed by atoms with Crippen molar-refractivity contribution in [3.63, 3.8) is 0 Å². The minimum atomic E-state index is -3.66. The molecule has 0 aromatic heterocycles. The van der Waals surface area contributed by atoms with E-state index in [1.165, 1.54) is 4.90 Å². The second-order valence-electron chi connectivity index (χ2n) is 8.19. The van der Waals surface area contributed by atoms with Gasteiger partial charge in [0.1, 0.15) is 11.5 Å². The van der Waals surface area contributed by atoms with E-state index in [2.05, 4.69) is 26.0 Å². The number of nitrogens with zero attached hydrogens (tertiary/aromatic N) is 1. The Morgan fingerprint density at radius 1 is 0.972 bits per heavy atom. The molecule has 0 saturated heterocycles. The number of aryl methyl sites for hydroxylation is 2. The molecule has 0 unspecified atom stereocenters. The summed E-state index contributed by atoms with van der Waals surface area (Å²) in [5.41, 5.74) is 2.39. The van der Waals surface area contributed by atoms with E-state index in [9.17, 15) is 13.2 Å². The number of rotatable bonds is 9. The minimum absolute atomic E-state index is 0.0692. The number of hydrogen-bond acceptors (Lipinski definition) is 4. The second-order valence-corrected chi connectivity index (χ2v) is 11.6.